The van der Waals surface area contributed by atoms with Crippen LogP contribution in [0.4, 0.5) is 14.4 Å². The number of rotatable bonds is 24. The number of hydrazine groups is 2. The summed E-state index contributed by atoms with van der Waals surface area (Å²) in [6.07, 6.45) is -0.452. The molecule has 8 N–H and O–H groups in total. The molecule has 80 heavy (non-hydrogen) atoms. The summed E-state index contributed by atoms with van der Waals surface area (Å²) in [5.74, 6) is -1.11. The summed E-state index contributed by atoms with van der Waals surface area (Å²) in [6, 6.07) is 40.4. The number of hydrogen-bond donors (Lipinski definition) is 8. The highest BCUT2D eigenvalue weighted by molar-refractivity contribution is 5.87. The number of nitrogens with one attached hydrogen (secondary N) is 6. The number of amides is 6. The SMILES string of the molecule is COC(=O)N[C@H](C(=O)N[C@@H](Cc1ccccc1)[C@@H](O)CN(Cc1ccc(-c2ccccn2)cc1)NC(=O)NN(Cc1ccc(-c2ccccn2)cc1)C[C@H](O)[C@H](Cc1ccccc1)NC(=O)[C@@H](NC(=O)OC)C(C)(C)C)C(C)(C)C. The van der Waals surface area contributed by atoms with Crippen LogP contribution in [-0.2, 0) is 45.0 Å². The maximum atomic E-state index is 14.7. The lowest BCUT2D eigenvalue weighted by Gasteiger charge is -2.35. The van der Waals surface area contributed by atoms with E-state index in [-0.39, 0.29) is 39.0 Å². The molecule has 0 unspecified atom stereocenters. The molecule has 6 atom stereocenters. The number of pyridine rings is 2. The fraction of sp³-hybridized carbons (Fsp3) is 0.361. The quantitative estimate of drug-likeness (QED) is 0.0286. The van der Waals surface area contributed by atoms with Crippen LogP contribution in [0.2, 0.25) is 0 Å². The van der Waals surface area contributed by atoms with Crippen molar-refractivity contribution >= 4 is 30.0 Å². The lowest BCUT2D eigenvalue weighted by molar-refractivity contribution is -0.128. The second kappa shape index (κ2) is 29.1. The van der Waals surface area contributed by atoms with Crippen molar-refractivity contribution in [2.24, 2.45) is 10.8 Å². The number of aliphatic hydroxyl groups excluding tert-OH is 2. The minimum absolute atomic E-state index is 0.0742. The zero-order chi connectivity index (χ0) is 57.8. The number of carbonyl (C=O) groups is 5. The van der Waals surface area contributed by atoms with E-state index in [0.29, 0.717) is 0 Å². The van der Waals surface area contributed by atoms with Crippen LogP contribution in [0.25, 0.3) is 22.5 Å². The second-order valence-electron chi connectivity index (χ2n) is 21.8. The highest BCUT2D eigenvalue weighted by atomic mass is 16.5. The maximum absolute atomic E-state index is 14.7. The number of aliphatic hydroxyl groups is 2. The molecule has 0 bridgehead atoms. The summed E-state index contributed by atoms with van der Waals surface area (Å²) in [5, 5.41) is 39.0. The Bertz CT molecular complexity index is 2700. The van der Waals surface area contributed by atoms with E-state index in [1.807, 2.05) is 146 Å². The van der Waals surface area contributed by atoms with Crippen LogP contribution in [0.3, 0.4) is 0 Å². The molecular formula is C61H76N10O9. The van der Waals surface area contributed by atoms with Gasteiger partial charge in [0.1, 0.15) is 12.1 Å². The Kier molecular flexibility index (Phi) is 22.2. The number of aromatic nitrogens is 2. The highest BCUT2D eigenvalue weighted by Crippen LogP contribution is 2.24. The number of hydrogen-bond acceptors (Lipinski definition) is 13. The zero-order valence-corrected chi connectivity index (χ0v) is 46.8. The molecule has 0 spiro atoms. The summed E-state index contributed by atoms with van der Waals surface area (Å²) < 4.78 is 9.71. The average molecular weight is 1090 g/mol. The molecule has 0 radical (unpaired) electrons. The molecule has 19 nitrogen and oxygen atoms in total. The standard InChI is InChI=1S/C61H76N10O9/c1-60(2,3)53(66-58(77)79-7)55(74)64-49(35-41-19-11-9-12-20-41)51(72)39-70(37-43-25-29-45(30-26-43)47-23-15-17-33-62-47)68-57(76)69-71(38-44-27-31-46(32-28-44)48-24-16-18-34-63-48)40-52(73)50(36-42-21-13-10-14-22-42)65-56(75)54(61(4,5)6)67-59(78)80-8/h9-34,49-54,72-73H,35-40H2,1-8H3,(H,64,74)(H,65,75)(H,66,77)(H,67,78)(H2,68,69,76)/t49-,50-,51-,52-,53+,54+/m0/s1. The van der Waals surface area contributed by atoms with Crippen LogP contribution >= 0.6 is 0 Å². The third kappa shape index (κ3) is 19.0. The lowest BCUT2D eigenvalue weighted by atomic mass is 9.85. The van der Waals surface area contributed by atoms with Crippen LogP contribution in [0.1, 0.15) is 63.8 Å². The van der Waals surface area contributed by atoms with Crippen LogP contribution in [0.15, 0.2) is 158 Å². The van der Waals surface area contributed by atoms with Gasteiger partial charge >= 0.3 is 18.2 Å². The van der Waals surface area contributed by atoms with Crippen molar-refractivity contribution in [1.29, 1.82) is 0 Å². The Hall–Kier alpha value is -8.23. The summed E-state index contributed by atoms with van der Waals surface area (Å²) in [5.41, 5.74) is 10.8. The molecule has 0 saturated carbocycles. The maximum Gasteiger partial charge on any atom is 0.407 e. The van der Waals surface area contributed by atoms with Crippen molar-refractivity contribution in [1.82, 2.24) is 52.1 Å². The molecule has 0 aliphatic carbocycles. The minimum Gasteiger partial charge on any atom is -0.453 e. The third-order valence-corrected chi connectivity index (χ3v) is 13.2. The number of urea groups is 1. The normalized spacial score (nSPS) is 13.8. The number of carbonyl (C=O) groups excluding carboxylic acids is 5. The Labute approximate surface area is 468 Å². The van der Waals surface area contributed by atoms with Gasteiger partial charge in [-0.1, -0.05) is 163 Å². The molecule has 424 valence electrons. The van der Waals surface area contributed by atoms with Gasteiger partial charge in [0.15, 0.2) is 0 Å². The Morgan fingerprint density at radius 1 is 0.475 bits per heavy atom. The molecule has 2 aromatic heterocycles. The molecule has 6 rings (SSSR count). The van der Waals surface area contributed by atoms with E-state index in [1.54, 1.807) is 53.9 Å². The molecular weight excluding hydrogens is 1020 g/mol. The van der Waals surface area contributed by atoms with E-state index in [4.69, 9.17) is 9.47 Å². The van der Waals surface area contributed by atoms with E-state index in [2.05, 4.69) is 42.1 Å². The molecule has 0 saturated heterocycles. The summed E-state index contributed by atoms with van der Waals surface area (Å²) in [7, 11) is 2.42. The topological polar surface area (TPSA) is 249 Å². The van der Waals surface area contributed by atoms with E-state index in [1.165, 1.54) is 24.2 Å². The predicted octanol–water partition coefficient (Wildman–Crippen LogP) is 6.96. The van der Waals surface area contributed by atoms with Crippen molar-refractivity contribution in [3.8, 4) is 22.5 Å². The van der Waals surface area contributed by atoms with Crippen LogP contribution in [-0.4, -0.2) is 124 Å². The fourth-order valence-corrected chi connectivity index (χ4v) is 8.93. The molecule has 6 aromatic rings. The molecule has 19 heteroatoms. The largest absolute Gasteiger partial charge is 0.453 e. The van der Waals surface area contributed by atoms with Gasteiger partial charge in [-0.25, -0.2) is 24.4 Å². The minimum atomic E-state index is -1.32. The molecule has 0 aliphatic rings. The van der Waals surface area contributed by atoms with E-state index >= 15 is 0 Å². The lowest BCUT2D eigenvalue weighted by Crippen LogP contribution is -2.61. The van der Waals surface area contributed by atoms with Gasteiger partial charge < -0.3 is 41.0 Å². The summed E-state index contributed by atoms with van der Waals surface area (Å²) >= 11 is 0. The first-order valence-electron chi connectivity index (χ1n) is 26.5. The summed E-state index contributed by atoms with van der Waals surface area (Å²) in [4.78, 5) is 77.0. The Morgan fingerprint density at radius 3 is 1.14 bits per heavy atom. The van der Waals surface area contributed by atoms with E-state index in [9.17, 15) is 34.2 Å². The van der Waals surface area contributed by atoms with Crippen molar-refractivity contribution in [3.05, 3.63) is 180 Å². The van der Waals surface area contributed by atoms with Crippen LogP contribution < -0.4 is 32.1 Å². The first-order chi connectivity index (χ1) is 38.2. The van der Waals surface area contributed by atoms with Crippen LogP contribution in [0.5, 0.6) is 0 Å². The van der Waals surface area contributed by atoms with Gasteiger partial charge in [0, 0.05) is 49.7 Å². The van der Waals surface area contributed by atoms with E-state index in [0.717, 1.165) is 44.8 Å². The first kappa shape index (κ1) is 61.0. The summed E-state index contributed by atoms with van der Waals surface area (Å²) in [6.45, 7) is 10.5. The van der Waals surface area contributed by atoms with E-state index < -0.39 is 77.2 Å². The number of nitrogens with zero attached hydrogens (tertiary/aromatic N) is 4. The van der Waals surface area contributed by atoms with Gasteiger partial charge in [0.25, 0.3) is 0 Å². The predicted molar refractivity (Wildman–Crippen MR) is 306 cm³/mol. The van der Waals surface area contributed by atoms with Gasteiger partial charge in [-0.15, -0.1) is 0 Å². The van der Waals surface area contributed by atoms with Crippen molar-refractivity contribution < 1.29 is 43.7 Å². The molecule has 6 amide bonds. The monoisotopic (exact) mass is 1090 g/mol. The van der Waals surface area contributed by atoms with Gasteiger partial charge in [0.05, 0.1) is 49.9 Å². The number of benzene rings is 4. The van der Waals surface area contributed by atoms with Gasteiger partial charge in [-0.2, -0.15) is 0 Å². The first-order valence-corrected chi connectivity index (χ1v) is 26.5. The highest BCUT2D eigenvalue weighted by Gasteiger charge is 2.38. The third-order valence-electron chi connectivity index (χ3n) is 13.2. The molecule has 0 fully saturated rings. The number of methoxy groups -OCH3 is 2. The van der Waals surface area contributed by atoms with Gasteiger partial charge in [-0.3, -0.25) is 30.4 Å². The number of alkyl carbamates (subject to hydrolysis) is 2. The Morgan fingerprint density at radius 2 is 0.825 bits per heavy atom. The zero-order valence-electron chi connectivity index (χ0n) is 46.8. The van der Waals surface area contributed by atoms with Crippen LogP contribution in [0, 0.1) is 10.8 Å². The van der Waals surface area contributed by atoms with Crippen molar-refractivity contribution in [2.75, 3.05) is 27.3 Å². The molecule has 4 aromatic carbocycles. The average Bonchev–Trinajstić information content (AvgIpc) is 3.43. The molecule has 2 heterocycles. The Balaban J connectivity index is 1.33. The van der Waals surface area contributed by atoms with Gasteiger partial charge in [-0.05, 0) is 70.2 Å². The van der Waals surface area contributed by atoms with Gasteiger partial charge in [0.2, 0.25) is 11.8 Å². The smallest absolute Gasteiger partial charge is 0.407 e. The van der Waals surface area contributed by atoms with Crippen molar-refractivity contribution in [2.45, 2.75) is 104 Å². The fourth-order valence-electron chi connectivity index (χ4n) is 8.93. The number of ether oxygens (including phenoxy) is 2. The molecule has 0 aliphatic heterocycles. The van der Waals surface area contributed by atoms with Crippen molar-refractivity contribution in [3.63, 3.8) is 0 Å². The second-order valence-corrected chi connectivity index (χ2v) is 21.8.